The molecule has 0 radical (unpaired) electrons. The number of phosphoric acid groups is 1. The average molecular weight is 600 g/mol. The number of carboxylic acids is 1. The van der Waals surface area contributed by atoms with Gasteiger partial charge < -0.3 is 29.9 Å². The molecule has 4 atom stereocenters. The van der Waals surface area contributed by atoms with Crippen LogP contribution < -0.4 is 10.5 Å². The van der Waals surface area contributed by atoms with Crippen LogP contribution in [0, 0.1) is 0 Å². The first-order chi connectivity index (χ1) is 19.7. The minimum Gasteiger partial charge on any atom is -0.493 e. The number of nitrogens with two attached hydrogens (primary N) is 1. The molecule has 11 nitrogen and oxygen atoms in total. The zero-order valence-corrected chi connectivity index (χ0v) is 24.9. The van der Waals surface area contributed by atoms with Crippen LogP contribution in [0.5, 0.6) is 5.75 Å². The number of para-hydroxylation sites is 1. The Morgan fingerprint density at radius 2 is 1.78 bits per heavy atom. The summed E-state index contributed by atoms with van der Waals surface area (Å²) in [7, 11) is -4.65. The summed E-state index contributed by atoms with van der Waals surface area (Å²) in [5.41, 5.74) is 6.20. The lowest BCUT2D eigenvalue weighted by atomic mass is 10.1. The van der Waals surface area contributed by atoms with Crippen LogP contribution in [-0.2, 0) is 39.1 Å². The van der Waals surface area contributed by atoms with Crippen molar-refractivity contribution in [2.75, 3.05) is 26.4 Å². The number of aryl methyl sites for hydroxylation is 1. The van der Waals surface area contributed by atoms with Gasteiger partial charge in [-0.05, 0) is 24.5 Å². The van der Waals surface area contributed by atoms with E-state index in [1.807, 2.05) is 24.3 Å². The molecule has 0 fully saturated rings. The predicted molar refractivity (Wildman–Crippen MR) is 154 cm³/mol. The largest absolute Gasteiger partial charge is 0.493 e. The van der Waals surface area contributed by atoms with Crippen LogP contribution in [0.1, 0.15) is 76.7 Å². The number of unbranched alkanes of at least 4 members (excludes halogenated alkanes) is 8. The van der Waals surface area contributed by atoms with Gasteiger partial charge in [-0.2, -0.15) is 0 Å². The smallest absolute Gasteiger partial charge is 0.472 e. The summed E-state index contributed by atoms with van der Waals surface area (Å²) in [6.07, 6.45) is 12.9. The summed E-state index contributed by atoms with van der Waals surface area (Å²) in [6, 6.07) is 6.14. The predicted octanol–water partition coefficient (Wildman–Crippen LogP) is 4.94. The monoisotopic (exact) mass is 599 g/mol. The van der Waals surface area contributed by atoms with Crippen LogP contribution in [-0.4, -0.2) is 66.6 Å². The van der Waals surface area contributed by atoms with E-state index < -0.39 is 44.6 Å². The van der Waals surface area contributed by atoms with Gasteiger partial charge in [0.15, 0.2) is 0 Å². The zero-order chi connectivity index (χ0) is 29.9. The molecule has 1 aliphatic rings. The Bertz CT molecular complexity index is 988. The SMILES string of the molecule is CCCCCCCCCCCOc1ccccc1CCC(=O)OC[C@H]1OCC=C[C@@H]1OP(=O)(O)OC[C@H](N)C(=O)O. The van der Waals surface area contributed by atoms with Gasteiger partial charge in [0.05, 0.1) is 19.8 Å². The number of carbonyl (C=O) groups excluding carboxylic acids is 1. The van der Waals surface area contributed by atoms with Gasteiger partial charge in [-0.1, -0.05) is 88.6 Å². The molecule has 41 heavy (non-hydrogen) atoms. The first-order valence-electron chi connectivity index (χ1n) is 14.5. The standard InChI is InChI=1S/C29H46NO10P/c1-2-3-4-5-6-7-8-9-12-19-36-25-15-11-10-14-23(25)17-18-28(31)38-22-27-26(16-13-20-37-27)40-41(34,35)39-21-24(30)29(32)33/h10-11,13-16,24,26-27H,2-9,12,17-22,30H2,1H3,(H,32,33)(H,34,35)/t24-,26-,27+/m0/s1. The molecule has 1 heterocycles. The molecule has 0 bridgehead atoms. The van der Waals surface area contributed by atoms with Crippen molar-refractivity contribution >= 4 is 19.8 Å². The Morgan fingerprint density at radius 1 is 1.10 bits per heavy atom. The molecule has 0 saturated carbocycles. The van der Waals surface area contributed by atoms with Gasteiger partial charge in [-0.3, -0.25) is 18.6 Å². The van der Waals surface area contributed by atoms with Crippen LogP contribution >= 0.6 is 7.82 Å². The van der Waals surface area contributed by atoms with E-state index in [0.717, 1.165) is 24.2 Å². The first-order valence-corrected chi connectivity index (χ1v) is 16.0. The molecule has 1 unspecified atom stereocenters. The highest BCUT2D eigenvalue weighted by Crippen LogP contribution is 2.45. The van der Waals surface area contributed by atoms with Crippen molar-refractivity contribution in [3.63, 3.8) is 0 Å². The second-order valence-corrected chi connectivity index (χ2v) is 11.5. The molecule has 1 aromatic carbocycles. The van der Waals surface area contributed by atoms with Crippen molar-refractivity contribution in [3.8, 4) is 5.75 Å². The third-order valence-corrected chi connectivity index (χ3v) is 7.56. The molecular weight excluding hydrogens is 553 g/mol. The fourth-order valence-corrected chi connectivity index (χ4v) is 5.12. The quantitative estimate of drug-likeness (QED) is 0.0716. The van der Waals surface area contributed by atoms with Crippen LogP contribution in [0.2, 0.25) is 0 Å². The van der Waals surface area contributed by atoms with E-state index in [1.54, 1.807) is 6.08 Å². The highest BCUT2D eigenvalue weighted by atomic mass is 31.2. The van der Waals surface area contributed by atoms with Crippen LogP contribution in [0.3, 0.4) is 0 Å². The van der Waals surface area contributed by atoms with Gasteiger partial charge in [-0.25, -0.2) is 4.57 Å². The van der Waals surface area contributed by atoms with Gasteiger partial charge in [0.2, 0.25) is 0 Å². The Kier molecular flexibility index (Phi) is 16.8. The van der Waals surface area contributed by atoms with Crippen LogP contribution in [0.15, 0.2) is 36.4 Å². The molecule has 0 aliphatic carbocycles. The Hall–Kier alpha value is -2.27. The number of aliphatic carboxylic acids is 1. The molecule has 2 rings (SSSR count). The van der Waals surface area contributed by atoms with Crippen molar-refractivity contribution in [1.29, 1.82) is 0 Å². The molecule has 0 amide bonds. The summed E-state index contributed by atoms with van der Waals surface area (Å²) in [6.45, 7) is 2.13. The minimum absolute atomic E-state index is 0.112. The normalized spacial score (nSPS) is 18.9. The zero-order valence-electron chi connectivity index (χ0n) is 24.0. The number of rotatable bonds is 22. The third-order valence-electron chi connectivity index (χ3n) is 6.57. The summed E-state index contributed by atoms with van der Waals surface area (Å²) in [4.78, 5) is 33.2. The van der Waals surface area contributed by atoms with E-state index in [9.17, 15) is 19.0 Å². The van der Waals surface area contributed by atoms with Crippen molar-refractivity contribution in [2.24, 2.45) is 5.73 Å². The molecule has 12 heteroatoms. The average Bonchev–Trinajstić information content (AvgIpc) is 2.95. The number of hydrogen-bond acceptors (Lipinski definition) is 9. The van der Waals surface area contributed by atoms with E-state index >= 15 is 0 Å². The molecular formula is C29H46NO10P. The lowest BCUT2D eigenvalue weighted by Gasteiger charge is -2.28. The maximum Gasteiger partial charge on any atom is 0.472 e. The first kappa shape index (κ1) is 34.9. The summed E-state index contributed by atoms with van der Waals surface area (Å²) >= 11 is 0. The highest BCUT2D eigenvalue weighted by Gasteiger charge is 2.34. The van der Waals surface area contributed by atoms with Crippen LogP contribution in [0.25, 0.3) is 0 Å². The molecule has 232 valence electrons. The van der Waals surface area contributed by atoms with Gasteiger partial charge in [-0.15, -0.1) is 0 Å². The van der Waals surface area contributed by atoms with Crippen molar-refractivity contribution < 1.29 is 47.4 Å². The molecule has 0 spiro atoms. The maximum atomic E-state index is 12.5. The Labute approximate surface area is 242 Å². The van der Waals surface area contributed by atoms with E-state index in [-0.39, 0.29) is 19.6 Å². The van der Waals surface area contributed by atoms with Gasteiger partial charge in [0, 0.05) is 6.42 Å². The van der Waals surface area contributed by atoms with Crippen molar-refractivity contribution in [2.45, 2.75) is 95.8 Å². The van der Waals surface area contributed by atoms with Crippen LogP contribution in [0.4, 0.5) is 0 Å². The van der Waals surface area contributed by atoms with E-state index in [1.165, 1.54) is 51.0 Å². The van der Waals surface area contributed by atoms with Gasteiger partial charge in [0.1, 0.15) is 30.6 Å². The van der Waals surface area contributed by atoms with Gasteiger partial charge in [0.25, 0.3) is 0 Å². The molecule has 0 saturated heterocycles. The fourth-order valence-electron chi connectivity index (χ4n) is 4.19. The number of carboxylic acid groups (broad SMARTS) is 1. The lowest BCUT2D eigenvalue weighted by Crippen LogP contribution is -2.38. The Morgan fingerprint density at radius 3 is 2.49 bits per heavy atom. The van der Waals surface area contributed by atoms with E-state index in [4.69, 9.17) is 29.6 Å². The second kappa shape index (κ2) is 19.8. The number of benzene rings is 1. The second-order valence-electron chi connectivity index (χ2n) is 10.0. The fraction of sp³-hybridized carbons (Fsp3) is 0.655. The number of hydrogen-bond donors (Lipinski definition) is 3. The number of carbonyl (C=O) groups is 2. The number of ether oxygens (including phenoxy) is 3. The summed E-state index contributed by atoms with van der Waals surface area (Å²) in [5.74, 6) is -1.09. The highest BCUT2D eigenvalue weighted by molar-refractivity contribution is 7.47. The molecule has 4 N–H and O–H groups in total. The molecule has 0 aromatic heterocycles. The minimum atomic E-state index is -4.65. The third kappa shape index (κ3) is 15.0. The van der Waals surface area contributed by atoms with E-state index in [0.29, 0.717) is 13.0 Å². The number of phosphoric ester groups is 1. The lowest BCUT2D eigenvalue weighted by molar-refractivity contribution is -0.150. The Balaban J connectivity index is 1.71. The summed E-state index contributed by atoms with van der Waals surface area (Å²) in [5, 5.41) is 8.79. The van der Waals surface area contributed by atoms with Crippen molar-refractivity contribution in [3.05, 3.63) is 42.0 Å². The van der Waals surface area contributed by atoms with E-state index in [2.05, 4.69) is 11.4 Å². The number of esters is 1. The molecule has 1 aliphatic heterocycles. The maximum absolute atomic E-state index is 12.5. The topological polar surface area (TPSA) is 164 Å². The molecule has 1 aromatic rings. The van der Waals surface area contributed by atoms with Gasteiger partial charge >= 0.3 is 19.8 Å². The summed E-state index contributed by atoms with van der Waals surface area (Å²) < 4.78 is 38.9. The van der Waals surface area contributed by atoms with Crippen molar-refractivity contribution in [1.82, 2.24) is 0 Å².